The van der Waals surface area contributed by atoms with Gasteiger partial charge in [-0.3, -0.25) is 4.90 Å². The number of piperazine rings is 1. The molecule has 1 aliphatic rings. The summed E-state index contributed by atoms with van der Waals surface area (Å²) in [6.07, 6.45) is 5.39. The van der Waals surface area contributed by atoms with Crippen LogP contribution < -0.4 is 10.6 Å². The van der Waals surface area contributed by atoms with Crippen LogP contribution in [-0.4, -0.2) is 54.4 Å². The highest BCUT2D eigenvalue weighted by Crippen LogP contribution is 2.12. The molecular formula is C13H23N5. The minimum Gasteiger partial charge on any atom is -0.353 e. The molecule has 2 heterocycles. The Labute approximate surface area is 109 Å². The zero-order valence-corrected chi connectivity index (χ0v) is 11.0. The van der Waals surface area contributed by atoms with Gasteiger partial charge >= 0.3 is 0 Å². The van der Waals surface area contributed by atoms with E-state index in [9.17, 15) is 0 Å². The molecule has 0 saturated carbocycles. The number of unbranched alkanes of at least 4 members (excludes halogenated alkanes) is 2. The van der Waals surface area contributed by atoms with E-state index in [4.69, 9.17) is 5.73 Å². The van der Waals surface area contributed by atoms with Gasteiger partial charge in [-0.15, -0.1) is 5.10 Å². The fraction of sp³-hybridized carbons (Fsp3) is 0.692. The van der Waals surface area contributed by atoms with Gasteiger partial charge in [0.05, 0.1) is 0 Å². The Balaban J connectivity index is 1.68. The Morgan fingerprint density at radius 3 is 2.61 bits per heavy atom. The van der Waals surface area contributed by atoms with Gasteiger partial charge < -0.3 is 10.6 Å². The van der Waals surface area contributed by atoms with Crippen LogP contribution in [0.25, 0.3) is 0 Å². The molecule has 0 unspecified atom stereocenters. The van der Waals surface area contributed by atoms with E-state index >= 15 is 0 Å². The lowest BCUT2D eigenvalue weighted by Crippen LogP contribution is -2.47. The average Bonchev–Trinajstić information content (AvgIpc) is 2.45. The third-order valence-electron chi connectivity index (χ3n) is 3.43. The molecular weight excluding hydrogens is 226 g/mol. The van der Waals surface area contributed by atoms with Crippen LogP contribution in [0, 0.1) is 0 Å². The Kier molecular flexibility index (Phi) is 5.36. The van der Waals surface area contributed by atoms with E-state index in [1.54, 1.807) is 6.20 Å². The van der Waals surface area contributed by atoms with Gasteiger partial charge in [-0.25, -0.2) is 0 Å². The topological polar surface area (TPSA) is 58.3 Å². The second-order valence-electron chi connectivity index (χ2n) is 4.76. The van der Waals surface area contributed by atoms with Crippen LogP contribution in [0.3, 0.4) is 0 Å². The quantitative estimate of drug-likeness (QED) is 0.753. The predicted molar refractivity (Wildman–Crippen MR) is 73.6 cm³/mol. The molecule has 1 saturated heterocycles. The van der Waals surface area contributed by atoms with Crippen LogP contribution in [0.1, 0.15) is 19.3 Å². The maximum atomic E-state index is 5.50. The molecule has 5 heteroatoms. The zero-order chi connectivity index (χ0) is 12.6. The molecule has 2 rings (SSSR count). The van der Waals surface area contributed by atoms with Gasteiger partial charge in [0.25, 0.3) is 0 Å². The van der Waals surface area contributed by atoms with E-state index in [1.807, 2.05) is 12.1 Å². The van der Waals surface area contributed by atoms with Crippen molar-refractivity contribution in [3.63, 3.8) is 0 Å². The van der Waals surface area contributed by atoms with Crippen molar-refractivity contribution in [2.24, 2.45) is 5.73 Å². The molecule has 0 bridgehead atoms. The molecule has 100 valence electrons. The predicted octanol–water partition coefficient (Wildman–Crippen LogP) is 0.728. The lowest BCUT2D eigenvalue weighted by atomic mass is 10.2. The van der Waals surface area contributed by atoms with Gasteiger partial charge in [0.1, 0.15) is 0 Å². The maximum Gasteiger partial charge on any atom is 0.151 e. The maximum absolute atomic E-state index is 5.50. The van der Waals surface area contributed by atoms with Crippen molar-refractivity contribution < 1.29 is 0 Å². The molecule has 1 aromatic rings. The Bertz CT molecular complexity index is 321. The minimum absolute atomic E-state index is 0.820. The summed E-state index contributed by atoms with van der Waals surface area (Å²) in [7, 11) is 0. The first-order valence-corrected chi connectivity index (χ1v) is 6.85. The van der Waals surface area contributed by atoms with Gasteiger partial charge in [0.15, 0.2) is 5.82 Å². The van der Waals surface area contributed by atoms with Crippen LogP contribution in [0.2, 0.25) is 0 Å². The van der Waals surface area contributed by atoms with E-state index < -0.39 is 0 Å². The minimum atomic E-state index is 0.820. The molecule has 18 heavy (non-hydrogen) atoms. The summed E-state index contributed by atoms with van der Waals surface area (Å²) in [5.74, 6) is 1.00. The van der Waals surface area contributed by atoms with Crippen molar-refractivity contribution in [2.75, 3.05) is 44.2 Å². The second-order valence-corrected chi connectivity index (χ2v) is 4.76. The third kappa shape index (κ3) is 3.92. The highest BCUT2D eigenvalue weighted by Gasteiger charge is 2.17. The SMILES string of the molecule is NCCCCCN1CCN(c2cccnn2)CC1. The molecule has 0 atom stereocenters. The summed E-state index contributed by atoms with van der Waals surface area (Å²) < 4.78 is 0. The normalized spacial score (nSPS) is 17.1. The van der Waals surface area contributed by atoms with Crippen LogP contribution >= 0.6 is 0 Å². The molecule has 0 aromatic carbocycles. The van der Waals surface area contributed by atoms with E-state index in [2.05, 4.69) is 20.0 Å². The Morgan fingerprint density at radius 2 is 1.94 bits per heavy atom. The summed E-state index contributed by atoms with van der Waals surface area (Å²) in [4.78, 5) is 4.84. The first kappa shape index (κ1) is 13.2. The lowest BCUT2D eigenvalue weighted by Gasteiger charge is -2.35. The molecule has 0 amide bonds. The summed E-state index contributed by atoms with van der Waals surface area (Å²) in [6.45, 7) is 6.37. The highest BCUT2D eigenvalue weighted by atomic mass is 15.3. The van der Waals surface area contributed by atoms with E-state index in [0.717, 1.165) is 45.0 Å². The summed E-state index contributed by atoms with van der Waals surface area (Å²) in [5.41, 5.74) is 5.50. The van der Waals surface area contributed by atoms with Crippen molar-refractivity contribution in [3.8, 4) is 0 Å². The highest BCUT2D eigenvalue weighted by molar-refractivity contribution is 5.36. The lowest BCUT2D eigenvalue weighted by molar-refractivity contribution is 0.252. The fourth-order valence-electron chi connectivity index (χ4n) is 2.32. The Hall–Kier alpha value is -1.20. The average molecular weight is 249 g/mol. The van der Waals surface area contributed by atoms with Crippen LogP contribution in [-0.2, 0) is 0 Å². The monoisotopic (exact) mass is 249 g/mol. The Morgan fingerprint density at radius 1 is 1.11 bits per heavy atom. The van der Waals surface area contributed by atoms with Crippen LogP contribution in [0.5, 0.6) is 0 Å². The smallest absolute Gasteiger partial charge is 0.151 e. The zero-order valence-electron chi connectivity index (χ0n) is 11.0. The molecule has 5 nitrogen and oxygen atoms in total. The largest absolute Gasteiger partial charge is 0.353 e. The summed E-state index contributed by atoms with van der Waals surface area (Å²) in [5, 5.41) is 8.09. The van der Waals surface area contributed by atoms with Crippen LogP contribution in [0.15, 0.2) is 18.3 Å². The number of anilines is 1. The standard InChI is InChI=1S/C13H23N5/c14-6-2-1-3-8-17-9-11-18(12-10-17)13-5-4-7-15-16-13/h4-5,7H,1-3,6,8-12,14H2. The number of nitrogens with two attached hydrogens (primary N) is 1. The van der Waals surface area contributed by atoms with Crippen molar-refractivity contribution in [3.05, 3.63) is 18.3 Å². The second kappa shape index (κ2) is 7.28. The van der Waals surface area contributed by atoms with Gasteiger partial charge in [0, 0.05) is 32.4 Å². The van der Waals surface area contributed by atoms with Gasteiger partial charge in [0.2, 0.25) is 0 Å². The van der Waals surface area contributed by atoms with Crippen molar-refractivity contribution in [1.82, 2.24) is 15.1 Å². The summed E-state index contributed by atoms with van der Waals surface area (Å²) in [6, 6.07) is 3.98. The molecule has 1 aromatic heterocycles. The molecule has 0 aliphatic carbocycles. The molecule has 1 fully saturated rings. The van der Waals surface area contributed by atoms with Crippen molar-refractivity contribution >= 4 is 5.82 Å². The van der Waals surface area contributed by atoms with Crippen molar-refractivity contribution in [2.45, 2.75) is 19.3 Å². The molecule has 0 radical (unpaired) electrons. The molecule has 2 N–H and O–H groups in total. The number of nitrogens with zero attached hydrogens (tertiary/aromatic N) is 4. The molecule has 1 aliphatic heterocycles. The number of rotatable bonds is 6. The number of aromatic nitrogens is 2. The van der Waals surface area contributed by atoms with E-state index in [0.29, 0.717) is 0 Å². The molecule has 0 spiro atoms. The van der Waals surface area contributed by atoms with Gasteiger partial charge in [-0.05, 0) is 38.1 Å². The fourth-order valence-corrected chi connectivity index (χ4v) is 2.32. The van der Waals surface area contributed by atoms with Crippen LogP contribution in [0.4, 0.5) is 5.82 Å². The first-order chi connectivity index (χ1) is 8.90. The van der Waals surface area contributed by atoms with E-state index in [-0.39, 0.29) is 0 Å². The third-order valence-corrected chi connectivity index (χ3v) is 3.43. The first-order valence-electron chi connectivity index (χ1n) is 6.85. The van der Waals surface area contributed by atoms with Gasteiger partial charge in [-0.1, -0.05) is 6.42 Å². The van der Waals surface area contributed by atoms with Gasteiger partial charge in [-0.2, -0.15) is 5.10 Å². The number of hydrogen-bond acceptors (Lipinski definition) is 5. The van der Waals surface area contributed by atoms with E-state index in [1.165, 1.54) is 19.4 Å². The van der Waals surface area contributed by atoms with Crippen molar-refractivity contribution in [1.29, 1.82) is 0 Å². The number of hydrogen-bond donors (Lipinski definition) is 1. The summed E-state index contributed by atoms with van der Waals surface area (Å²) >= 11 is 0.